The molecule has 1 saturated heterocycles. The van der Waals surface area contributed by atoms with Gasteiger partial charge in [0.25, 0.3) is 0 Å². The number of benzene rings is 1. The maximum absolute atomic E-state index is 13.3. The minimum atomic E-state index is -3.77. The molecule has 166 valence electrons. The van der Waals surface area contributed by atoms with Crippen molar-refractivity contribution in [3.8, 4) is 5.75 Å². The van der Waals surface area contributed by atoms with Gasteiger partial charge in [-0.3, -0.25) is 4.79 Å². The van der Waals surface area contributed by atoms with Crippen LogP contribution in [0.4, 0.5) is 4.79 Å². The van der Waals surface area contributed by atoms with E-state index in [4.69, 9.17) is 14.2 Å². The number of hydrogen-bond acceptors (Lipinski definition) is 7. The van der Waals surface area contributed by atoms with Crippen molar-refractivity contribution >= 4 is 21.9 Å². The zero-order valence-corrected chi connectivity index (χ0v) is 18.8. The number of amides is 1. The summed E-state index contributed by atoms with van der Waals surface area (Å²) in [5.41, 5.74) is 0.760. The van der Waals surface area contributed by atoms with Crippen LogP contribution in [-0.2, 0) is 30.7 Å². The van der Waals surface area contributed by atoms with E-state index in [0.29, 0.717) is 5.75 Å². The molecule has 1 heterocycles. The summed E-state index contributed by atoms with van der Waals surface area (Å²) in [6.45, 7) is 9.75. The number of carbonyl (C=O) groups is 2. The highest BCUT2D eigenvalue weighted by molar-refractivity contribution is 7.93. The monoisotopic (exact) mass is 439 g/mol. The molecule has 0 spiro atoms. The van der Waals surface area contributed by atoms with Crippen molar-refractivity contribution in [3.05, 3.63) is 42.5 Å². The zero-order chi connectivity index (χ0) is 22.7. The molecule has 1 aliphatic heterocycles. The van der Waals surface area contributed by atoms with Crippen LogP contribution in [0.1, 0.15) is 33.3 Å². The van der Waals surface area contributed by atoms with Gasteiger partial charge in [-0.05, 0) is 45.4 Å². The zero-order valence-electron chi connectivity index (χ0n) is 18.0. The minimum Gasteiger partial charge on any atom is -0.497 e. The molecule has 1 amide bonds. The Kier molecular flexibility index (Phi) is 7.18. The molecule has 8 nitrogen and oxygen atoms in total. The summed E-state index contributed by atoms with van der Waals surface area (Å²) in [5, 5.41) is -1.12. The Morgan fingerprint density at radius 2 is 1.87 bits per heavy atom. The summed E-state index contributed by atoms with van der Waals surface area (Å²) in [6, 6.07) is 7.02. The van der Waals surface area contributed by atoms with E-state index >= 15 is 0 Å². The maximum atomic E-state index is 13.3. The summed E-state index contributed by atoms with van der Waals surface area (Å²) >= 11 is 0. The lowest BCUT2D eigenvalue weighted by molar-refractivity contribution is -0.159. The molecule has 0 unspecified atom stereocenters. The Hall–Kier alpha value is -2.55. The third-order valence-electron chi connectivity index (χ3n) is 4.97. The van der Waals surface area contributed by atoms with E-state index in [1.54, 1.807) is 52.1 Å². The second kappa shape index (κ2) is 9.07. The van der Waals surface area contributed by atoms with Crippen LogP contribution >= 0.6 is 0 Å². The van der Waals surface area contributed by atoms with Gasteiger partial charge in [0.15, 0.2) is 9.84 Å². The SMILES string of the molecule is C=CCOC(=O)O[C@H](C)[C@H]1C(=O)N(Cc2ccc(OC)cc2)[C@@H]1S(=O)(=O)C(C)(C)C. The van der Waals surface area contributed by atoms with Gasteiger partial charge in [0.2, 0.25) is 5.91 Å². The van der Waals surface area contributed by atoms with Crippen LogP contribution in [-0.4, -0.2) is 55.3 Å². The Morgan fingerprint density at radius 1 is 1.27 bits per heavy atom. The minimum absolute atomic E-state index is 0.0442. The molecule has 30 heavy (non-hydrogen) atoms. The van der Waals surface area contributed by atoms with Gasteiger partial charge in [-0.15, -0.1) is 0 Å². The predicted octanol–water partition coefficient (Wildman–Crippen LogP) is 2.92. The Labute approximate surface area is 177 Å². The van der Waals surface area contributed by atoms with Crippen LogP contribution in [0.3, 0.4) is 0 Å². The molecule has 0 saturated carbocycles. The molecule has 1 aromatic carbocycles. The van der Waals surface area contributed by atoms with Crippen molar-refractivity contribution < 1.29 is 32.2 Å². The van der Waals surface area contributed by atoms with E-state index in [1.165, 1.54) is 17.9 Å². The Bertz CT molecular complexity index is 887. The molecule has 0 N–H and O–H groups in total. The number of methoxy groups -OCH3 is 1. The summed E-state index contributed by atoms with van der Waals surface area (Å²) in [7, 11) is -2.22. The molecule has 2 rings (SSSR count). The number of β-lactam (4-membered cyclic amide) rings is 1. The van der Waals surface area contributed by atoms with Crippen LogP contribution < -0.4 is 4.74 Å². The fraction of sp³-hybridized carbons (Fsp3) is 0.524. The van der Waals surface area contributed by atoms with Gasteiger partial charge in [-0.1, -0.05) is 24.8 Å². The molecule has 0 bridgehead atoms. The Morgan fingerprint density at radius 3 is 2.37 bits per heavy atom. The lowest BCUT2D eigenvalue weighted by Crippen LogP contribution is -2.69. The number of sulfone groups is 1. The topological polar surface area (TPSA) is 99.2 Å². The maximum Gasteiger partial charge on any atom is 0.508 e. The quantitative estimate of drug-likeness (QED) is 0.349. The lowest BCUT2D eigenvalue weighted by Gasteiger charge is -2.49. The fourth-order valence-corrected chi connectivity index (χ4v) is 5.15. The highest BCUT2D eigenvalue weighted by atomic mass is 32.2. The highest BCUT2D eigenvalue weighted by Crippen LogP contribution is 2.40. The van der Waals surface area contributed by atoms with Crippen LogP contribution in [0.15, 0.2) is 36.9 Å². The Balaban J connectivity index is 2.28. The van der Waals surface area contributed by atoms with Crippen molar-refractivity contribution in [2.75, 3.05) is 13.7 Å². The number of nitrogens with zero attached hydrogens (tertiary/aromatic N) is 1. The van der Waals surface area contributed by atoms with Crippen LogP contribution in [0, 0.1) is 5.92 Å². The highest BCUT2D eigenvalue weighted by Gasteiger charge is 2.59. The normalized spacial score (nSPS) is 20.2. The molecular weight excluding hydrogens is 410 g/mol. The molecule has 1 aliphatic rings. The fourth-order valence-electron chi connectivity index (χ4n) is 3.19. The second-order valence-corrected chi connectivity index (χ2v) is 10.9. The standard InChI is InChI=1S/C21H29NO7S/c1-7-12-28-20(24)29-14(2)17-18(23)22(19(17)30(25,26)21(3,4)5)13-15-8-10-16(27-6)11-9-15/h7-11,14,17,19H,1,12-13H2,2-6H3/t14-,17+,19-/m1/s1. The molecule has 9 heteroatoms. The van der Waals surface area contributed by atoms with Crippen molar-refractivity contribution in [1.82, 2.24) is 4.90 Å². The molecule has 0 aliphatic carbocycles. The van der Waals surface area contributed by atoms with Gasteiger partial charge in [0.1, 0.15) is 29.8 Å². The van der Waals surface area contributed by atoms with E-state index in [-0.39, 0.29) is 13.2 Å². The largest absolute Gasteiger partial charge is 0.508 e. The smallest absolute Gasteiger partial charge is 0.497 e. The first-order valence-electron chi connectivity index (χ1n) is 9.55. The first-order chi connectivity index (χ1) is 13.9. The van der Waals surface area contributed by atoms with E-state index in [0.717, 1.165) is 5.56 Å². The van der Waals surface area contributed by atoms with E-state index in [1.807, 2.05) is 0 Å². The summed E-state index contributed by atoms with van der Waals surface area (Å²) in [4.78, 5) is 26.0. The third-order valence-corrected chi connectivity index (χ3v) is 7.86. The summed E-state index contributed by atoms with van der Waals surface area (Å²) in [6.07, 6.45) is -0.566. The number of ether oxygens (including phenoxy) is 3. The molecule has 1 fully saturated rings. The molecule has 3 atom stereocenters. The van der Waals surface area contributed by atoms with Gasteiger partial charge < -0.3 is 19.1 Å². The van der Waals surface area contributed by atoms with Crippen LogP contribution in [0.2, 0.25) is 0 Å². The first kappa shape index (κ1) is 23.7. The van der Waals surface area contributed by atoms with E-state index in [2.05, 4.69) is 6.58 Å². The summed E-state index contributed by atoms with van der Waals surface area (Å²) in [5.74, 6) is -0.748. The van der Waals surface area contributed by atoms with Crippen molar-refractivity contribution in [2.24, 2.45) is 5.92 Å². The van der Waals surface area contributed by atoms with Gasteiger partial charge in [0.05, 0.1) is 11.9 Å². The van der Waals surface area contributed by atoms with Crippen molar-refractivity contribution in [1.29, 1.82) is 0 Å². The van der Waals surface area contributed by atoms with Crippen molar-refractivity contribution in [3.63, 3.8) is 0 Å². The number of hydrogen-bond donors (Lipinski definition) is 0. The van der Waals surface area contributed by atoms with Gasteiger partial charge in [0, 0.05) is 6.54 Å². The predicted molar refractivity (Wildman–Crippen MR) is 112 cm³/mol. The first-order valence-corrected chi connectivity index (χ1v) is 11.1. The summed E-state index contributed by atoms with van der Waals surface area (Å²) < 4.78 is 40.5. The van der Waals surface area contributed by atoms with Gasteiger partial charge in [-0.2, -0.15) is 0 Å². The van der Waals surface area contributed by atoms with E-state index in [9.17, 15) is 18.0 Å². The van der Waals surface area contributed by atoms with Crippen molar-refractivity contribution in [2.45, 2.75) is 50.5 Å². The number of rotatable bonds is 8. The number of likely N-dealkylation sites (tertiary alicyclic amines) is 1. The van der Waals surface area contributed by atoms with Crippen LogP contribution in [0.5, 0.6) is 5.75 Å². The third kappa shape index (κ3) is 4.77. The average molecular weight is 440 g/mol. The molecule has 1 aromatic rings. The molecule has 0 aromatic heterocycles. The lowest BCUT2D eigenvalue weighted by atomic mass is 9.92. The number of carbonyl (C=O) groups excluding carboxylic acids is 2. The second-order valence-electron chi connectivity index (χ2n) is 8.06. The van der Waals surface area contributed by atoms with Gasteiger partial charge >= 0.3 is 6.16 Å². The molecular formula is C21H29NO7S. The average Bonchev–Trinajstić information content (AvgIpc) is 2.67. The van der Waals surface area contributed by atoms with Crippen LogP contribution in [0.25, 0.3) is 0 Å². The van der Waals surface area contributed by atoms with Gasteiger partial charge in [-0.25, -0.2) is 13.2 Å². The van der Waals surface area contributed by atoms with E-state index < -0.39 is 44.0 Å². The molecule has 0 radical (unpaired) electrons.